The molecule has 94 valence electrons. The van der Waals surface area contributed by atoms with Crippen molar-refractivity contribution in [3.05, 3.63) is 30.7 Å². The lowest BCUT2D eigenvalue weighted by atomic mass is 10.3. The van der Waals surface area contributed by atoms with Crippen LogP contribution in [0, 0.1) is 0 Å². The van der Waals surface area contributed by atoms with Gasteiger partial charge in [-0.2, -0.15) is 4.98 Å². The van der Waals surface area contributed by atoms with Crippen LogP contribution in [0.15, 0.2) is 30.7 Å². The van der Waals surface area contributed by atoms with Crippen molar-refractivity contribution in [1.29, 1.82) is 0 Å². The van der Waals surface area contributed by atoms with Gasteiger partial charge in [-0.3, -0.25) is 0 Å². The van der Waals surface area contributed by atoms with Gasteiger partial charge in [0.2, 0.25) is 5.88 Å². The molecule has 0 aliphatic carbocycles. The number of rotatable bonds is 4. The molecule has 18 heavy (non-hydrogen) atoms. The molecule has 0 radical (unpaired) electrons. The molecule has 1 aromatic heterocycles. The molecular weight excluding hydrogens is 234 g/mol. The fourth-order valence-electron chi connectivity index (χ4n) is 1.37. The quantitative estimate of drug-likeness (QED) is 0.888. The van der Waals surface area contributed by atoms with E-state index in [2.05, 4.69) is 9.97 Å². The summed E-state index contributed by atoms with van der Waals surface area (Å²) in [6, 6.07) is 5.17. The van der Waals surface area contributed by atoms with Crippen molar-refractivity contribution in [2.45, 2.75) is 0 Å². The first-order chi connectivity index (χ1) is 8.72. The second-order valence-electron chi connectivity index (χ2n) is 3.43. The highest BCUT2D eigenvalue weighted by atomic mass is 16.5. The zero-order valence-electron chi connectivity index (χ0n) is 10.1. The van der Waals surface area contributed by atoms with Crippen LogP contribution >= 0.6 is 0 Å². The monoisotopic (exact) mass is 247 g/mol. The minimum Gasteiger partial charge on any atom is -0.496 e. The van der Waals surface area contributed by atoms with Gasteiger partial charge in [-0.1, -0.05) is 0 Å². The topological polar surface area (TPSA) is 79.5 Å². The number of hydrogen-bond acceptors (Lipinski definition) is 6. The van der Waals surface area contributed by atoms with Gasteiger partial charge in [-0.05, 0) is 0 Å². The van der Waals surface area contributed by atoms with Crippen molar-refractivity contribution in [2.24, 2.45) is 0 Å². The van der Waals surface area contributed by atoms with Gasteiger partial charge < -0.3 is 19.9 Å². The second kappa shape index (κ2) is 5.22. The lowest BCUT2D eigenvalue weighted by molar-refractivity contribution is 0.385. The molecule has 0 saturated carbocycles. The first kappa shape index (κ1) is 12.0. The molecule has 6 nitrogen and oxygen atoms in total. The average molecular weight is 247 g/mol. The molecule has 0 unspecified atom stereocenters. The number of nitrogens with zero attached hydrogens (tertiary/aromatic N) is 2. The maximum atomic E-state index is 5.70. The highest BCUT2D eigenvalue weighted by Gasteiger charge is 2.07. The van der Waals surface area contributed by atoms with E-state index in [0.29, 0.717) is 28.8 Å². The molecule has 0 bridgehead atoms. The largest absolute Gasteiger partial charge is 0.496 e. The number of benzene rings is 1. The Balaban J connectivity index is 2.31. The molecule has 6 heteroatoms. The zero-order chi connectivity index (χ0) is 13.0. The van der Waals surface area contributed by atoms with Crippen molar-refractivity contribution in [3.63, 3.8) is 0 Å². The van der Waals surface area contributed by atoms with E-state index < -0.39 is 0 Å². The van der Waals surface area contributed by atoms with Crippen LogP contribution in [0.2, 0.25) is 0 Å². The van der Waals surface area contributed by atoms with E-state index in [4.69, 9.17) is 19.9 Å². The third-order valence-electron chi connectivity index (χ3n) is 2.24. The Labute approximate surface area is 104 Å². The van der Waals surface area contributed by atoms with E-state index >= 15 is 0 Å². The van der Waals surface area contributed by atoms with Gasteiger partial charge in [0.25, 0.3) is 0 Å². The molecule has 0 aliphatic rings. The maximum absolute atomic E-state index is 5.70. The van der Waals surface area contributed by atoms with Crippen LogP contribution in [0.3, 0.4) is 0 Å². The number of anilines is 1. The van der Waals surface area contributed by atoms with Gasteiger partial charge in [0.05, 0.1) is 20.4 Å². The van der Waals surface area contributed by atoms with Gasteiger partial charge in [0, 0.05) is 18.2 Å². The fourth-order valence-corrected chi connectivity index (χ4v) is 1.37. The minimum absolute atomic E-state index is 0.292. The van der Waals surface area contributed by atoms with E-state index in [-0.39, 0.29) is 0 Å². The van der Waals surface area contributed by atoms with Crippen molar-refractivity contribution in [2.75, 3.05) is 20.0 Å². The molecule has 2 aromatic rings. The number of aromatic nitrogens is 2. The van der Waals surface area contributed by atoms with Crippen LogP contribution in [0.4, 0.5) is 5.69 Å². The highest BCUT2D eigenvalue weighted by molar-refractivity contribution is 5.49. The van der Waals surface area contributed by atoms with E-state index in [9.17, 15) is 0 Å². The van der Waals surface area contributed by atoms with Gasteiger partial charge in [-0.15, -0.1) is 0 Å². The number of methoxy groups -OCH3 is 2. The Bertz CT molecular complexity index is 524. The zero-order valence-corrected chi connectivity index (χ0v) is 10.1. The number of hydrogen-bond donors (Lipinski definition) is 1. The molecule has 1 heterocycles. The first-order valence-electron chi connectivity index (χ1n) is 5.19. The molecule has 2 rings (SSSR count). The number of nitrogen functional groups attached to an aromatic ring is 1. The summed E-state index contributed by atoms with van der Waals surface area (Å²) in [4.78, 5) is 7.73. The Morgan fingerprint density at radius 1 is 1.00 bits per heavy atom. The summed E-state index contributed by atoms with van der Waals surface area (Å²) in [5, 5.41) is 0. The first-order valence-corrected chi connectivity index (χ1v) is 5.19. The van der Waals surface area contributed by atoms with Crippen LogP contribution in [-0.2, 0) is 0 Å². The summed E-state index contributed by atoms with van der Waals surface area (Å²) in [7, 11) is 3.13. The van der Waals surface area contributed by atoms with Gasteiger partial charge in [0.15, 0.2) is 0 Å². The Hall–Kier alpha value is -2.50. The van der Waals surface area contributed by atoms with Gasteiger partial charge in [0.1, 0.15) is 29.3 Å². The second-order valence-corrected chi connectivity index (χ2v) is 3.43. The predicted molar refractivity (Wildman–Crippen MR) is 66.1 cm³/mol. The third-order valence-corrected chi connectivity index (χ3v) is 2.24. The Morgan fingerprint density at radius 3 is 2.17 bits per heavy atom. The number of nitrogens with two attached hydrogens (primary N) is 1. The van der Waals surface area contributed by atoms with Crippen LogP contribution in [-0.4, -0.2) is 24.2 Å². The highest BCUT2D eigenvalue weighted by Crippen LogP contribution is 2.31. The van der Waals surface area contributed by atoms with Crippen molar-refractivity contribution in [1.82, 2.24) is 9.97 Å². The average Bonchev–Trinajstić information content (AvgIpc) is 2.41. The molecule has 0 saturated heterocycles. The molecule has 0 aliphatic heterocycles. The molecule has 0 amide bonds. The van der Waals surface area contributed by atoms with Crippen molar-refractivity contribution < 1.29 is 14.2 Å². The fraction of sp³-hybridized carbons (Fsp3) is 0.167. The van der Waals surface area contributed by atoms with E-state index in [1.165, 1.54) is 12.5 Å². The van der Waals surface area contributed by atoms with Crippen molar-refractivity contribution in [3.8, 4) is 23.1 Å². The number of ether oxygens (including phenoxy) is 3. The smallest absolute Gasteiger partial charge is 0.245 e. The summed E-state index contributed by atoms with van der Waals surface area (Å²) in [5.41, 5.74) is 6.06. The van der Waals surface area contributed by atoms with Gasteiger partial charge >= 0.3 is 0 Å². The molecular formula is C12H13N3O3. The molecule has 0 spiro atoms. The Morgan fingerprint density at radius 2 is 1.61 bits per heavy atom. The summed E-state index contributed by atoms with van der Waals surface area (Å²) in [6.07, 6.45) is 2.84. The summed E-state index contributed by atoms with van der Waals surface area (Å²) in [6.45, 7) is 0. The van der Waals surface area contributed by atoms with Crippen molar-refractivity contribution >= 4 is 5.69 Å². The maximum Gasteiger partial charge on any atom is 0.245 e. The molecule has 0 fully saturated rings. The minimum atomic E-state index is 0.292. The predicted octanol–water partition coefficient (Wildman–Crippen LogP) is 1.87. The SMILES string of the molecule is COc1cc(OC)cc(Oc2ncncc2N)c1. The summed E-state index contributed by atoms with van der Waals surface area (Å²) < 4.78 is 15.8. The summed E-state index contributed by atoms with van der Waals surface area (Å²) >= 11 is 0. The van der Waals surface area contributed by atoms with Crippen LogP contribution < -0.4 is 19.9 Å². The molecule has 2 N–H and O–H groups in total. The lowest BCUT2D eigenvalue weighted by Crippen LogP contribution is -1.96. The molecule has 0 atom stereocenters. The van der Waals surface area contributed by atoms with Crippen LogP contribution in [0.5, 0.6) is 23.1 Å². The third kappa shape index (κ3) is 2.60. The van der Waals surface area contributed by atoms with E-state index in [1.54, 1.807) is 32.4 Å². The van der Waals surface area contributed by atoms with E-state index in [0.717, 1.165) is 0 Å². The summed E-state index contributed by atoms with van der Waals surface area (Å²) in [5.74, 6) is 2.06. The normalized spacial score (nSPS) is 9.89. The standard InChI is InChI=1S/C12H13N3O3/c1-16-8-3-9(17-2)5-10(4-8)18-12-11(13)6-14-7-15-12/h3-7H,13H2,1-2H3. The lowest BCUT2D eigenvalue weighted by Gasteiger charge is -2.10. The van der Waals surface area contributed by atoms with Crippen LogP contribution in [0.1, 0.15) is 0 Å². The van der Waals surface area contributed by atoms with Gasteiger partial charge in [-0.25, -0.2) is 4.98 Å². The van der Waals surface area contributed by atoms with Crippen LogP contribution in [0.25, 0.3) is 0 Å². The Kier molecular flexibility index (Phi) is 3.47. The molecule has 1 aromatic carbocycles. The van der Waals surface area contributed by atoms with E-state index in [1.807, 2.05) is 0 Å².